The Morgan fingerprint density at radius 2 is 1.25 bits per heavy atom. The maximum absolute atomic E-state index is 4.19. The van der Waals surface area contributed by atoms with Gasteiger partial charge in [0.15, 0.2) is 0 Å². The van der Waals surface area contributed by atoms with E-state index in [1.165, 1.54) is 11.1 Å². The molecule has 0 spiro atoms. The van der Waals surface area contributed by atoms with Crippen LogP contribution in [0.15, 0.2) is 47.6 Å². The zero-order valence-corrected chi connectivity index (χ0v) is 12.6. The van der Waals surface area contributed by atoms with Gasteiger partial charge in [-0.2, -0.15) is 0 Å². The molecule has 0 bridgehead atoms. The van der Waals surface area contributed by atoms with E-state index in [-0.39, 0.29) is 58.9 Å². The molecule has 16 heavy (non-hydrogen) atoms. The number of allylic oxidation sites excluding steroid dienone is 8. The zero-order valence-electron chi connectivity index (χ0n) is 8.80. The molecule has 0 saturated carbocycles. The molecule has 0 saturated heterocycles. The first-order valence-corrected chi connectivity index (χ1v) is 4.42. The molecule has 0 aromatic carbocycles. The summed E-state index contributed by atoms with van der Waals surface area (Å²) in [6, 6.07) is 0. The molecular weight excluding hydrogens is 298 g/mol. The Hall–Kier alpha value is 0.544. The van der Waals surface area contributed by atoms with Gasteiger partial charge in [-0.15, -0.1) is 5.92 Å². The second-order valence-electron chi connectivity index (χ2n) is 3.30. The molecule has 0 aliphatic heterocycles. The third-order valence-electron chi connectivity index (χ3n) is 2.50. The normalized spacial score (nSPS) is 15.4. The van der Waals surface area contributed by atoms with Gasteiger partial charge in [-0.3, -0.25) is 0 Å². The van der Waals surface area contributed by atoms with E-state index in [0.717, 1.165) is 12.8 Å². The molecule has 0 nitrogen and oxygen atoms in total. The Balaban J connectivity index is -0.000000422. The van der Waals surface area contributed by atoms with Crippen LogP contribution in [0.4, 0.5) is 0 Å². The van der Waals surface area contributed by atoms with E-state index in [4.69, 9.17) is 0 Å². The van der Waals surface area contributed by atoms with Crippen molar-refractivity contribution in [2.24, 2.45) is 5.92 Å². The molecule has 0 amide bonds. The number of halogens is 3. The van der Waals surface area contributed by atoms with Crippen molar-refractivity contribution < 1.29 is 58.9 Å². The van der Waals surface area contributed by atoms with Crippen LogP contribution in [0.1, 0.15) is 12.8 Å². The van der Waals surface area contributed by atoms with Gasteiger partial charge in [0.1, 0.15) is 0 Å². The van der Waals surface area contributed by atoms with E-state index in [9.17, 15) is 0 Å². The molecule has 0 heterocycles. The fraction of sp³-hybridized carbons (Fsp3) is 0.250. The van der Waals surface area contributed by atoms with Crippen LogP contribution in [-0.2, 0) is 21.7 Å². The summed E-state index contributed by atoms with van der Waals surface area (Å²) in [5.41, 5.74) is 2.90. The molecule has 2 rings (SSSR count). The van der Waals surface area contributed by atoms with Crippen molar-refractivity contribution in [3.05, 3.63) is 54.5 Å². The third-order valence-corrected chi connectivity index (χ3v) is 2.50. The summed E-state index contributed by atoms with van der Waals surface area (Å²) in [5, 5.41) is 0. The molecular formula is C12H13Cl3Ti. The molecule has 0 aromatic rings. The molecule has 0 aromatic heterocycles. The minimum Gasteiger partial charge on any atom is -1.00 e. The third kappa shape index (κ3) is 5.25. The van der Waals surface area contributed by atoms with E-state index in [1.807, 2.05) is 0 Å². The van der Waals surface area contributed by atoms with Gasteiger partial charge in [0, 0.05) is 0 Å². The van der Waals surface area contributed by atoms with E-state index >= 15 is 0 Å². The fourth-order valence-corrected chi connectivity index (χ4v) is 1.68. The van der Waals surface area contributed by atoms with Crippen molar-refractivity contribution in [2.75, 3.05) is 0 Å². The van der Waals surface area contributed by atoms with Crippen molar-refractivity contribution in [2.45, 2.75) is 12.8 Å². The quantitative estimate of drug-likeness (QED) is 0.352. The molecule has 0 fully saturated rings. The summed E-state index contributed by atoms with van der Waals surface area (Å²) in [6.45, 7) is 4.19. The number of hydrogen-bond acceptors (Lipinski definition) is 0. The molecule has 0 N–H and O–H groups in total. The van der Waals surface area contributed by atoms with Crippen LogP contribution in [-0.4, -0.2) is 0 Å². The fourth-order valence-electron chi connectivity index (χ4n) is 1.68. The zero-order chi connectivity index (χ0) is 8.39. The van der Waals surface area contributed by atoms with E-state index < -0.39 is 0 Å². The van der Waals surface area contributed by atoms with Crippen LogP contribution in [0.3, 0.4) is 0 Å². The molecule has 4 heteroatoms. The van der Waals surface area contributed by atoms with Gasteiger partial charge in [-0.25, -0.2) is 0 Å². The van der Waals surface area contributed by atoms with Crippen molar-refractivity contribution in [1.29, 1.82) is 0 Å². The Morgan fingerprint density at radius 3 is 1.50 bits per heavy atom. The van der Waals surface area contributed by atoms with Crippen LogP contribution in [0.25, 0.3) is 0 Å². The second kappa shape index (κ2) is 10.7. The molecule has 86 valence electrons. The van der Waals surface area contributed by atoms with E-state index in [1.54, 1.807) is 0 Å². The van der Waals surface area contributed by atoms with Crippen LogP contribution < -0.4 is 37.2 Å². The summed E-state index contributed by atoms with van der Waals surface area (Å²) in [5.74, 6) is 0.398. The second-order valence-corrected chi connectivity index (χ2v) is 3.30. The first-order valence-electron chi connectivity index (χ1n) is 4.42. The standard InChI is InChI=1S/C12H13.3ClH.Ti/c1-10(11-6-2-3-7-11)12-8-4-5-9-12;;;;/h2-6,8,10H,1,7,9H2;3*1H;/q-1;;;;+4/p-3. The number of rotatable bonds is 2. The predicted molar refractivity (Wildman–Crippen MR) is 52.5 cm³/mol. The molecule has 2 aliphatic carbocycles. The van der Waals surface area contributed by atoms with Crippen LogP contribution in [0.2, 0.25) is 0 Å². The number of hydrogen-bond donors (Lipinski definition) is 0. The van der Waals surface area contributed by atoms with Crippen LogP contribution >= 0.6 is 0 Å². The van der Waals surface area contributed by atoms with Crippen molar-refractivity contribution in [3.63, 3.8) is 0 Å². The average molecular weight is 311 g/mol. The van der Waals surface area contributed by atoms with Gasteiger partial charge >= 0.3 is 21.7 Å². The smallest absolute Gasteiger partial charge is 1.00 e. The topological polar surface area (TPSA) is 0 Å². The summed E-state index contributed by atoms with van der Waals surface area (Å²) in [6.07, 6.45) is 15.2. The Kier molecular flexibility index (Phi) is 14.5. The summed E-state index contributed by atoms with van der Waals surface area (Å²) < 4.78 is 0. The Bertz CT molecular complexity index is 273. The van der Waals surface area contributed by atoms with Gasteiger partial charge in [-0.1, -0.05) is 47.6 Å². The summed E-state index contributed by atoms with van der Waals surface area (Å²) in [7, 11) is 0. The average Bonchev–Trinajstić information content (AvgIpc) is 2.77. The maximum Gasteiger partial charge on any atom is 4.00 e. The predicted octanol–water partition coefficient (Wildman–Crippen LogP) is -5.78. The van der Waals surface area contributed by atoms with E-state index in [2.05, 4.69) is 43.4 Å². The molecule has 2 aliphatic rings. The Labute approximate surface area is 131 Å². The first kappa shape index (κ1) is 21.8. The van der Waals surface area contributed by atoms with Gasteiger partial charge in [-0.05, 0) is 12.8 Å². The molecule has 0 atom stereocenters. The van der Waals surface area contributed by atoms with Crippen molar-refractivity contribution >= 4 is 0 Å². The first-order chi connectivity index (χ1) is 5.88. The molecule has 0 radical (unpaired) electrons. The maximum atomic E-state index is 4.19. The minimum absolute atomic E-state index is 0. The molecule has 0 unspecified atom stereocenters. The monoisotopic (exact) mass is 310 g/mol. The van der Waals surface area contributed by atoms with Gasteiger partial charge in [0.05, 0.1) is 0 Å². The largest absolute Gasteiger partial charge is 4.00 e. The Morgan fingerprint density at radius 1 is 0.875 bits per heavy atom. The van der Waals surface area contributed by atoms with Crippen molar-refractivity contribution in [3.8, 4) is 0 Å². The van der Waals surface area contributed by atoms with Crippen LogP contribution in [0.5, 0.6) is 0 Å². The van der Waals surface area contributed by atoms with E-state index in [0.29, 0.717) is 5.92 Å². The van der Waals surface area contributed by atoms with Gasteiger partial charge in [0.2, 0.25) is 0 Å². The summed E-state index contributed by atoms with van der Waals surface area (Å²) >= 11 is 0. The van der Waals surface area contributed by atoms with Gasteiger partial charge in [0.25, 0.3) is 0 Å². The van der Waals surface area contributed by atoms with Crippen molar-refractivity contribution in [1.82, 2.24) is 0 Å². The summed E-state index contributed by atoms with van der Waals surface area (Å²) in [4.78, 5) is 0. The SMILES string of the molecule is [CH2-]C(C1=CC=CC1)C1=CC=CC1.[Cl-].[Cl-].[Cl-].[Ti+4]. The van der Waals surface area contributed by atoms with Gasteiger partial charge < -0.3 is 44.1 Å². The van der Waals surface area contributed by atoms with Crippen LogP contribution in [0, 0.1) is 12.8 Å². The minimum atomic E-state index is 0.